The van der Waals surface area contributed by atoms with Crippen LogP contribution in [0, 0.1) is 23.2 Å². The molecule has 0 spiro atoms. The van der Waals surface area contributed by atoms with Gasteiger partial charge in [0.2, 0.25) is 0 Å². The van der Waals surface area contributed by atoms with E-state index in [4.69, 9.17) is 0 Å². The summed E-state index contributed by atoms with van der Waals surface area (Å²) in [7, 11) is 0. The zero-order chi connectivity index (χ0) is 22.1. The van der Waals surface area contributed by atoms with Gasteiger partial charge in [0.05, 0.1) is 17.8 Å². The smallest absolute Gasteiger partial charge is 0.0809 e. The molecule has 3 aliphatic carbocycles. The molecule has 3 fully saturated rings. The van der Waals surface area contributed by atoms with E-state index in [0.29, 0.717) is 35.7 Å². The van der Waals surface area contributed by atoms with Crippen LogP contribution in [0.5, 0.6) is 0 Å². The van der Waals surface area contributed by atoms with Crippen molar-refractivity contribution in [3.05, 3.63) is 35.5 Å². The lowest BCUT2D eigenvalue weighted by Gasteiger charge is -2.44. The Hall–Kier alpha value is -0.900. The predicted octanol–water partition coefficient (Wildman–Crippen LogP) is 5.70. The fraction of sp³-hybridized carbons (Fsp3) is 0.778. The van der Waals surface area contributed by atoms with Crippen LogP contribution in [0.1, 0.15) is 91.9 Å². The van der Waals surface area contributed by atoms with Crippen molar-refractivity contribution in [2.24, 2.45) is 23.2 Å². The van der Waals surface area contributed by atoms with Crippen LogP contribution in [0.2, 0.25) is 0 Å². The first-order chi connectivity index (χ1) is 14.0. The van der Waals surface area contributed by atoms with Crippen molar-refractivity contribution in [2.75, 3.05) is 0 Å². The second-order valence-electron chi connectivity index (χ2n) is 11.4. The number of fused-ring (bicyclic) bond motifs is 1. The van der Waals surface area contributed by atoms with Gasteiger partial charge in [0.1, 0.15) is 0 Å². The number of aliphatic hydroxyl groups excluding tert-OH is 2. The molecule has 3 rings (SSSR count). The summed E-state index contributed by atoms with van der Waals surface area (Å²) in [5.41, 5.74) is 3.11. The molecule has 0 bridgehead atoms. The summed E-state index contributed by atoms with van der Waals surface area (Å²) in [5.74, 6) is 2.13. The highest BCUT2D eigenvalue weighted by Crippen LogP contribution is 2.60. The van der Waals surface area contributed by atoms with E-state index in [2.05, 4.69) is 32.6 Å². The van der Waals surface area contributed by atoms with Crippen molar-refractivity contribution in [1.29, 1.82) is 0 Å². The Morgan fingerprint density at radius 2 is 1.83 bits per heavy atom. The van der Waals surface area contributed by atoms with Crippen molar-refractivity contribution in [1.82, 2.24) is 0 Å². The highest BCUT2D eigenvalue weighted by molar-refractivity contribution is 5.29. The van der Waals surface area contributed by atoms with Gasteiger partial charge in [-0.25, -0.2) is 0 Å². The second-order valence-corrected chi connectivity index (χ2v) is 11.4. The van der Waals surface area contributed by atoms with E-state index in [1.807, 2.05) is 13.8 Å². The average molecular weight is 417 g/mol. The summed E-state index contributed by atoms with van der Waals surface area (Å²) in [6, 6.07) is 0. The van der Waals surface area contributed by atoms with E-state index in [0.717, 1.165) is 24.3 Å². The number of aliphatic hydroxyl groups is 3. The van der Waals surface area contributed by atoms with Crippen molar-refractivity contribution in [3.8, 4) is 0 Å². The maximum absolute atomic E-state index is 10.1. The normalized spacial score (nSPS) is 38.8. The van der Waals surface area contributed by atoms with Gasteiger partial charge in [0.15, 0.2) is 0 Å². The first kappa shape index (κ1) is 23.8. The van der Waals surface area contributed by atoms with Crippen molar-refractivity contribution >= 4 is 0 Å². The fourth-order valence-corrected chi connectivity index (χ4v) is 6.70. The molecule has 2 unspecified atom stereocenters. The Labute approximate surface area is 184 Å². The van der Waals surface area contributed by atoms with E-state index in [1.54, 1.807) is 5.57 Å². The van der Waals surface area contributed by atoms with Gasteiger partial charge in [-0.3, -0.25) is 0 Å². The summed E-state index contributed by atoms with van der Waals surface area (Å²) in [4.78, 5) is 0. The minimum absolute atomic E-state index is 0.386. The number of rotatable bonds is 6. The summed E-state index contributed by atoms with van der Waals surface area (Å²) in [6.45, 7) is 12.6. The van der Waals surface area contributed by atoms with E-state index < -0.39 is 17.8 Å². The standard InChI is InChI=1S/C27H44O3/c1-18(8-6-14-26(3,4)30)22-12-13-23-21(9-7-15-27(22,23)5)11-10-20-16-24(28)19(2)25(29)17-20/h10-11,18,22-25,28-30H,2,6-9,12-17H2,1,3-5H3/b20-10?,21-11+/t18-,22-,23?,24-,25?,27-/m1/s1. The van der Waals surface area contributed by atoms with Crippen LogP contribution < -0.4 is 0 Å². The fourth-order valence-electron chi connectivity index (χ4n) is 6.70. The number of hydrogen-bond acceptors (Lipinski definition) is 3. The van der Waals surface area contributed by atoms with Crippen molar-refractivity contribution < 1.29 is 15.3 Å². The highest BCUT2D eigenvalue weighted by atomic mass is 16.3. The van der Waals surface area contributed by atoms with Gasteiger partial charge >= 0.3 is 0 Å². The van der Waals surface area contributed by atoms with Crippen molar-refractivity contribution in [2.45, 2.75) is 110 Å². The molecule has 30 heavy (non-hydrogen) atoms. The molecule has 0 saturated heterocycles. The second kappa shape index (κ2) is 9.30. The van der Waals surface area contributed by atoms with Gasteiger partial charge in [-0.1, -0.05) is 56.6 Å². The predicted molar refractivity (Wildman–Crippen MR) is 124 cm³/mol. The average Bonchev–Trinajstić information content (AvgIpc) is 3.00. The zero-order valence-corrected chi connectivity index (χ0v) is 19.7. The molecule has 3 saturated carbocycles. The quantitative estimate of drug-likeness (QED) is 0.486. The molecule has 3 nitrogen and oxygen atoms in total. The molecule has 0 aromatic carbocycles. The van der Waals surface area contributed by atoms with Gasteiger partial charge < -0.3 is 15.3 Å². The maximum atomic E-state index is 10.1. The topological polar surface area (TPSA) is 60.7 Å². The third-order valence-corrected chi connectivity index (χ3v) is 8.47. The lowest BCUT2D eigenvalue weighted by atomic mass is 9.60. The Morgan fingerprint density at radius 3 is 2.47 bits per heavy atom. The van der Waals surface area contributed by atoms with E-state index >= 15 is 0 Å². The lowest BCUT2D eigenvalue weighted by molar-refractivity contribution is 0.0596. The van der Waals surface area contributed by atoms with E-state index in [9.17, 15) is 15.3 Å². The molecule has 0 aliphatic heterocycles. The van der Waals surface area contributed by atoms with Gasteiger partial charge in [0.25, 0.3) is 0 Å². The van der Waals surface area contributed by atoms with Crippen LogP contribution in [-0.4, -0.2) is 33.1 Å². The molecule has 0 radical (unpaired) electrons. The van der Waals surface area contributed by atoms with Crippen LogP contribution in [-0.2, 0) is 0 Å². The van der Waals surface area contributed by atoms with Crippen LogP contribution in [0.4, 0.5) is 0 Å². The molecule has 0 heterocycles. The molecule has 0 amide bonds. The molecule has 3 N–H and O–H groups in total. The number of allylic oxidation sites excluding steroid dienone is 3. The largest absolute Gasteiger partial charge is 0.390 e. The molecule has 0 aromatic rings. The van der Waals surface area contributed by atoms with Crippen molar-refractivity contribution in [3.63, 3.8) is 0 Å². The Morgan fingerprint density at radius 1 is 1.17 bits per heavy atom. The molecule has 170 valence electrons. The van der Waals surface area contributed by atoms with Crippen LogP contribution >= 0.6 is 0 Å². The Kier molecular flexibility index (Phi) is 7.37. The lowest BCUT2D eigenvalue weighted by Crippen LogP contribution is -2.36. The first-order valence-corrected chi connectivity index (χ1v) is 12.2. The van der Waals surface area contributed by atoms with Crippen LogP contribution in [0.25, 0.3) is 0 Å². The van der Waals surface area contributed by atoms with Crippen LogP contribution in [0.15, 0.2) is 35.5 Å². The van der Waals surface area contributed by atoms with Gasteiger partial charge in [-0.05, 0) is 94.0 Å². The minimum Gasteiger partial charge on any atom is -0.390 e. The highest BCUT2D eigenvalue weighted by Gasteiger charge is 2.50. The van der Waals surface area contributed by atoms with Gasteiger partial charge in [-0.2, -0.15) is 0 Å². The summed E-state index contributed by atoms with van der Waals surface area (Å²) < 4.78 is 0. The Bertz CT molecular complexity index is 667. The van der Waals surface area contributed by atoms with E-state index in [1.165, 1.54) is 38.5 Å². The monoisotopic (exact) mass is 416 g/mol. The summed E-state index contributed by atoms with van der Waals surface area (Å²) >= 11 is 0. The zero-order valence-electron chi connectivity index (χ0n) is 19.7. The summed E-state index contributed by atoms with van der Waals surface area (Å²) in [5, 5.41) is 30.3. The Balaban J connectivity index is 1.67. The third kappa shape index (κ3) is 5.29. The van der Waals surface area contributed by atoms with Gasteiger partial charge in [-0.15, -0.1) is 0 Å². The van der Waals surface area contributed by atoms with Gasteiger partial charge in [0, 0.05) is 0 Å². The number of hydrogen-bond donors (Lipinski definition) is 3. The summed E-state index contributed by atoms with van der Waals surface area (Å²) in [6.07, 6.45) is 14.0. The molecule has 3 aliphatic rings. The molecule has 3 heteroatoms. The molecule has 6 atom stereocenters. The molecular weight excluding hydrogens is 372 g/mol. The third-order valence-electron chi connectivity index (χ3n) is 8.47. The SMILES string of the molecule is C=C1C(O)CC(=C/C=C2\CCC[C@@]3(C)C2CC[C@@H]3[C@H](C)CCCC(C)(C)O)C[C@H]1O. The minimum atomic E-state index is -0.615. The molecular formula is C27H44O3. The maximum Gasteiger partial charge on any atom is 0.0809 e. The van der Waals surface area contributed by atoms with E-state index in [-0.39, 0.29) is 0 Å². The first-order valence-electron chi connectivity index (χ1n) is 12.2. The van der Waals surface area contributed by atoms with Crippen LogP contribution in [0.3, 0.4) is 0 Å². The molecule has 0 aromatic heterocycles.